The number of aromatic nitrogens is 1. The summed E-state index contributed by atoms with van der Waals surface area (Å²) in [6.45, 7) is 0.105. The average Bonchev–Trinajstić information content (AvgIpc) is 2.75. The minimum absolute atomic E-state index is 0.167. The molecule has 7 heteroatoms. The summed E-state index contributed by atoms with van der Waals surface area (Å²) in [4.78, 5) is 31.3. The molecule has 1 aliphatic rings. The number of hydrogen-bond acceptors (Lipinski definition) is 4. The van der Waals surface area contributed by atoms with Crippen molar-refractivity contribution in [2.75, 3.05) is 11.4 Å². The SMILES string of the molecule is O=C(CN1C(=O)C(c2ccccc2)Oc2cccnc21)NCc1ccccc1Cl. The molecule has 0 spiro atoms. The number of rotatable bonds is 5. The molecule has 0 bridgehead atoms. The van der Waals surface area contributed by atoms with Gasteiger partial charge in [0.2, 0.25) is 12.0 Å². The highest BCUT2D eigenvalue weighted by molar-refractivity contribution is 6.31. The van der Waals surface area contributed by atoms with E-state index in [2.05, 4.69) is 10.3 Å². The molecule has 0 radical (unpaired) electrons. The fourth-order valence-electron chi connectivity index (χ4n) is 3.13. The first kappa shape index (κ1) is 19.0. The van der Waals surface area contributed by atoms with E-state index in [1.807, 2.05) is 48.5 Å². The number of carbonyl (C=O) groups excluding carboxylic acids is 2. The Morgan fingerprint density at radius 2 is 1.83 bits per heavy atom. The molecule has 1 aromatic heterocycles. The van der Waals surface area contributed by atoms with Gasteiger partial charge in [0, 0.05) is 23.3 Å². The number of benzene rings is 2. The van der Waals surface area contributed by atoms with Gasteiger partial charge in [0.15, 0.2) is 11.6 Å². The predicted molar refractivity (Wildman–Crippen MR) is 110 cm³/mol. The molecule has 3 aromatic rings. The molecule has 0 saturated carbocycles. The van der Waals surface area contributed by atoms with Crippen molar-refractivity contribution in [3.05, 3.63) is 89.1 Å². The molecular weight excluding hydrogens is 390 g/mol. The number of nitrogens with one attached hydrogen (secondary N) is 1. The number of nitrogens with zero attached hydrogens (tertiary/aromatic N) is 2. The van der Waals surface area contributed by atoms with Gasteiger partial charge >= 0.3 is 0 Å². The number of halogens is 1. The van der Waals surface area contributed by atoms with Crippen LogP contribution in [0.3, 0.4) is 0 Å². The summed E-state index contributed by atoms with van der Waals surface area (Å²) < 4.78 is 5.88. The van der Waals surface area contributed by atoms with E-state index in [9.17, 15) is 9.59 Å². The maximum absolute atomic E-state index is 13.1. The van der Waals surface area contributed by atoms with Crippen LogP contribution in [0.25, 0.3) is 0 Å². The first-order valence-electron chi connectivity index (χ1n) is 9.11. The second kappa shape index (κ2) is 8.32. The third-order valence-electron chi connectivity index (χ3n) is 4.58. The van der Waals surface area contributed by atoms with Crippen LogP contribution in [0.2, 0.25) is 5.02 Å². The lowest BCUT2D eigenvalue weighted by Crippen LogP contribution is -2.46. The maximum atomic E-state index is 13.1. The van der Waals surface area contributed by atoms with Crippen LogP contribution in [0.15, 0.2) is 72.9 Å². The Bertz CT molecular complexity index is 1040. The molecule has 2 amide bonds. The number of anilines is 1. The van der Waals surface area contributed by atoms with Gasteiger partial charge in [-0.25, -0.2) is 4.98 Å². The molecule has 1 atom stereocenters. The lowest BCUT2D eigenvalue weighted by atomic mass is 10.1. The minimum atomic E-state index is -0.829. The Kier molecular flexibility index (Phi) is 5.44. The number of pyridine rings is 1. The van der Waals surface area contributed by atoms with Gasteiger partial charge in [0.05, 0.1) is 0 Å². The van der Waals surface area contributed by atoms with Crippen molar-refractivity contribution in [2.45, 2.75) is 12.6 Å². The van der Waals surface area contributed by atoms with Crippen LogP contribution in [-0.4, -0.2) is 23.3 Å². The number of hydrogen-bond donors (Lipinski definition) is 1. The standard InChI is InChI=1S/C22H18ClN3O3/c23-17-10-5-4-9-16(17)13-25-19(27)14-26-21-18(11-6-12-24-21)29-20(22(26)28)15-7-2-1-3-8-15/h1-12,20H,13-14H2,(H,25,27). The molecule has 146 valence electrons. The van der Waals surface area contributed by atoms with Crippen molar-refractivity contribution < 1.29 is 14.3 Å². The van der Waals surface area contributed by atoms with Crippen molar-refractivity contribution in [1.29, 1.82) is 0 Å². The minimum Gasteiger partial charge on any atom is -0.472 e. The summed E-state index contributed by atoms with van der Waals surface area (Å²) in [5.74, 6) is 0.135. The zero-order valence-electron chi connectivity index (χ0n) is 15.4. The van der Waals surface area contributed by atoms with Crippen LogP contribution in [0.5, 0.6) is 5.75 Å². The molecule has 0 fully saturated rings. The predicted octanol–water partition coefficient (Wildman–Crippen LogP) is 3.52. The lowest BCUT2D eigenvalue weighted by Gasteiger charge is -2.33. The van der Waals surface area contributed by atoms with E-state index in [0.717, 1.165) is 5.56 Å². The van der Waals surface area contributed by atoms with Gasteiger partial charge in [-0.3, -0.25) is 14.5 Å². The van der Waals surface area contributed by atoms with E-state index in [0.29, 0.717) is 22.2 Å². The van der Waals surface area contributed by atoms with Gasteiger partial charge in [-0.1, -0.05) is 60.1 Å². The zero-order chi connectivity index (χ0) is 20.2. The first-order chi connectivity index (χ1) is 14.1. The summed E-state index contributed by atoms with van der Waals surface area (Å²) in [7, 11) is 0. The van der Waals surface area contributed by atoms with E-state index >= 15 is 0 Å². The highest BCUT2D eigenvalue weighted by atomic mass is 35.5. The summed E-state index contributed by atoms with van der Waals surface area (Å²) in [5.41, 5.74) is 1.52. The van der Waals surface area contributed by atoms with Crippen LogP contribution < -0.4 is 15.0 Å². The van der Waals surface area contributed by atoms with Crippen LogP contribution in [0.4, 0.5) is 5.82 Å². The summed E-state index contributed by atoms with van der Waals surface area (Å²) >= 11 is 6.13. The Morgan fingerprint density at radius 1 is 1.07 bits per heavy atom. The van der Waals surface area contributed by atoms with Crippen molar-refractivity contribution in [3.8, 4) is 5.75 Å². The Morgan fingerprint density at radius 3 is 2.62 bits per heavy atom. The van der Waals surface area contributed by atoms with Crippen LogP contribution >= 0.6 is 11.6 Å². The second-order valence-electron chi connectivity index (χ2n) is 6.53. The van der Waals surface area contributed by atoms with E-state index < -0.39 is 6.10 Å². The smallest absolute Gasteiger partial charge is 0.274 e. The largest absolute Gasteiger partial charge is 0.472 e. The van der Waals surface area contributed by atoms with Crippen molar-refractivity contribution in [3.63, 3.8) is 0 Å². The van der Waals surface area contributed by atoms with Crippen LogP contribution in [0, 0.1) is 0 Å². The molecule has 1 aliphatic heterocycles. The third kappa shape index (κ3) is 4.07. The van der Waals surface area contributed by atoms with Gasteiger partial charge in [0.25, 0.3) is 5.91 Å². The highest BCUT2D eigenvalue weighted by Gasteiger charge is 2.37. The Balaban J connectivity index is 1.54. The molecule has 0 aliphatic carbocycles. The maximum Gasteiger partial charge on any atom is 0.274 e. The van der Waals surface area contributed by atoms with Gasteiger partial charge in [-0.2, -0.15) is 0 Å². The van der Waals surface area contributed by atoms with Gasteiger partial charge in [0.1, 0.15) is 6.54 Å². The third-order valence-corrected chi connectivity index (χ3v) is 4.95. The lowest BCUT2D eigenvalue weighted by molar-refractivity contribution is -0.129. The van der Waals surface area contributed by atoms with E-state index in [1.165, 1.54) is 4.90 Å². The summed E-state index contributed by atoms with van der Waals surface area (Å²) in [5, 5.41) is 3.38. The quantitative estimate of drug-likeness (QED) is 0.702. The highest BCUT2D eigenvalue weighted by Crippen LogP contribution is 2.36. The molecule has 1 unspecified atom stereocenters. The average molecular weight is 408 g/mol. The normalized spacial score (nSPS) is 15.4. The number of fused-ring (bicyclic) bond motifs is 1. The van der Waals surface area contributed by atoms with Crippen molar-refractivity contribution in [1.82, 2.24) is 10.3 Å². The van der Waals surface area contributed by atoms with Gasteiger partial charge < -0.3 is 10.1 Å². The monoisotopic (exact) mass is 407 g/mol. The molecule has 1 N–H and O–H groups in total. The first-order valence-corrected chi connectivity index (χ1v) is 9.49. The number of amides is 2. The number of carbonyl (C=O) groups is 2. The van der Waals surface area contributed by atoms with E-state index in [4.69, 9.17) is 16.3 Å². The molecule has 2 heterocycles. The summed E-state index contributed by atoms with van der Waals surface area (Å²) in [6, 6.07) is 19.9. The van der Waals surface area contributed by atoms with E-state index in [1.54, 1.807) is 24.4 Å². The molecule has 0 saturated heterocycles. The Labute approximate surface area is 173 Å². The molecule has 29 heavy (non-hydrogen) atoms. The zero-order valence-corrected chi connectivity index (χ0v) is 16.2. The van der Waals surface area contributed by atoms with Gasteiger partial charge in [-0.05, 0) is 23.8 Å². The molecular formula is C22H18ClN3O3. The topological polar surface area (TPSA) is 71.5 Å². The Hall–Kier alpha value is -3.38. The van der Waals surface area contributed by atoms with Crippen molar-refractivity contribution >= 4 is 29.2 Å². The number of ether oxygens (including phenoxy) is 1. The fourth-order valence-corrected chi connectivity index (χ4v) is 3.33. The fraction of sp³-hybridized carbons (Fsp3) is 0.136. The van der Waals surface area contributed by atoms with Crippen molar-refractivity contribution in [2.24, 2.45) is 0 Å². The van der Waals surface area contributed by atoms with Crippen LogP contribution in [-0.2, 0) is 16.1 Å². The van der Waals surface area contributed by atoms with E-state index in [-0.39, 0.29) is 24.9 Å². The van der Waals surface area contributed by atoms with Gasteiger partial charge in [-0.15, -0.1) is 0 Å². The molecule has 6 nitrogen and oxygen atoms in total. The molecule has 2 aromatic carbocycles. The summed E-state index contributed by atoms with van der Waals surface area (Å²) in [6.07, 6.45) is 0.733. The van der Waals surface area contributed by atoms with Crippen LogP contribution in [0.1, 0.15) is 17.2 Å². The molecule has 4 rings (SSSR count). The second-order valence-corrected chi connectivity index (χ2v) is 6.93.